The molecule has 1 saturated heterocycles. The average Bonchev–Trinajstić information content (AvgIpc) is 3.54. The maximum absolute atomic E-state index is 13.8. The molecule has 0 radical (unpaired) electrons. The van der Waals surface area contributed by atoms with Crippen molar-refractivity contribution in [2.75, 3.05) is 19.1 Å². The number of imide groups is 1. The van der Waals surface area contributed by atoms with Crippen LogP contribution in [-0.4, -0.2) is 26.0 Å². The molecular weight excluding hydrogens is 565 g/mol. The quantitative estimate of drug-likeness (QED) is 0.217. The Morgan fingerprint density at radius 1 is 0.722 bits per heavy atom. The first-order valence-corrected chi connectivity index (χ1v) is 12.9. The summed E-state index contributed by atoms with van der Waals surface area (Å²) < 4.78 is 11.6. The number of rotatable bonds is 5. The molecule has 2 bridgehead atoms. The van der Waals surface area contributed by atoms with E-state index in [-0.39, 0.29) is 35.5 Å². The van der Waals surface area contributed by atoms with E-state index in [4.69, 9.17) is 9.47 Å². The number of carbonyl (C=O) groups excluding carboxylic acids is 2. The molecule has 5 nitrogen and oxygen atoms in total. The molecule has 6 heteroatoms. The van der Waals surface area contributed by atoms with E-state index in [9.17, 15) is 9.59 Å². The Balaban J connectivity index is 1.48. The lowest BCUT2D eigenvalue weighted by Crippen LogP contribution is -2.33. The van der Waals surface area contributed by atoms with Gasteiger partial charge in [0.1, 0.15) is 11.5 Å². The van der Waals surface area contributed by atoms with Gasteiger partial charge in [-0.2, -0.15) is 0 Å². The molecular formula is C30H24INO4. The molecule has 2 amide bonds. The van der Waals surface area contributed by atoms with Crippen LogP contribution in [0, 0.1) is 27.2 Å². The summed E-state index contributed by atoms with van der Waals surface area (Å²) in [5.74, 6) is 0.333. The second kappa shape index (κ2) is 8.92. The number of ether oxygens (including phenoxy) is 2. The summed E-state index contributed by atoms with van der Waals surface area (Å²) in [6.45, 7) is 0. The summed E-state index contributed by atoms with van der Waals surface area (Å²) in [7, 11) is 3.30. The van der Waals surface area contributed by atoms with E-state index >= 15 is 0 Å². The minimum atomic E-state index is -0.384. The Kier molecular flexibility index (Phi) is 5.71. The number of methoxy groups -OCH3 is 2. The summed E-state index contributed by atoms with van der Waals surface area (Å²) >= 11 is 2.19. The zero-order valence-electron chi connectivity index (χ0n) is 19.9. The van der Waals surface area contributed by atoms with Crippen LogP contribution in [0.4, 0.5) is 5.69 Å². The van der Waals surface area contributed by atoms with Gasteiger partial charge in [-0.3, -0.25) is 9.59 Å². The summed E-state index contributed by atoms with van der Waals surface area (Å²) in [4.78, 5) is 28.9. The van der Waals surface area contributed by atoms with Crippen LogP contribution < -0.4 is 14.4 Å². The van der Waals surface area contributed by atoms with Crippen molar-refractivity contribution >= 4 is 45.7 Å². The van der Waals surface area contributed by atoms with E-state index in [1.807, 2.05) is 72.8 Å². The molecule has 36 heavy (non-hydrogen) atoms. The molecule has 1 saturated carbocycles. The van der Waals surface area contributed by atoms with Gasteiger partial charge in [0.2, 0.25) is 11.8 Å². The van der Waals surface area contributed by atoms with Crippen molar-refractivity contribution in [3.63, 3.8) is 0 Å². The maximum Gasteiger partial charge on any atom is 0.238 e. The van der Waals surface area contributed by atoms with E-state index in [0.29, 0.717) is 5.69 Å². The van der Waals surface area contributed by atoms with E-state index < -0.39 is 0 Å². The van der Waals surface area contributed by atoms with Crippen LogP contribution >= 0.6 is 22.6 Å². The van der Waals surface area contributed by atoms with Crippen LogP contribution in [0.5, 0.6) is 11.5 Å². The molecule has 3 aromatic rings. The number of para-hydroxylation sites is 1. The lowest BCUT2D eigenvalue weighted by atomic mass is 9.85. The lowest BCUT2D eigenvalue weighted by molar-refractivity contribution is -0.122. The highest BCUT2D eigenvalue weighted by Gasteiger charge is 2.62. The third-order valence-electron chi connectivity index (χ3n) is 7.56. The Morgan fingerprint density at radius 2 is 1.19 bits per heavy atom. The van der Waals surface area contributed by atoms with Gasteiger partial charge < -0.3 is 9.47 Å². The van der Waals surface area contributed by atoms with Crippen molar-refractivity contribution in [3.05, 3.63) is 105 Å². The Bertz CT molecular complexity index is 1340. The molecule has 0 spiro atoms. The minimum Gasteiger partial charge on any atom is -0.497 e. The molecule has 180 valence electrons. The molecule has 3 aromatic carbocycles. The van der Waals surface area contributed by atoms with Crippen molar-refractivity contribution in [1.29, 1.82) is 0 Å². The Labute approximate surface area is 223 Å². The normalized spacial score (nSPS) is 23.9. The maximum atomic E-state index is 13.8. The van der Waals surface area contributed by atoms with Gasteiger partial charge in [0.05, 0.1) is 31.7 Å². The largest absolute Gasteiger partial charge is 0.497 e. The van der Waals surface area contributed by atoms with Gasteiger partial charge in [0, 0.05) is 15.4 Å². The molecule has 2 fully saturated rings. The number of benzene rings is 3. The van der Waals surface area contributed by atoms with Crippen molar-refractivity contribution in [2.45, 2.75) is 0 Å². The third kappa shape index (κ3) is 3.42. The SMILES string of the molecule is COc1ccc(C(=C2[C@H]3C=C[C@H]2[C@H]2C(=O)N(c4ccccc4I)C(=O)[C@H]23)c2ccc(OC)cc2)cc1. The Hall–Kier alpha value is -3.39. The molecule has 0 N–H and O–H groups in total. The van der Waals surface area contributed by atoms with Crippen LogP contribution in [0.25, 0.3) is 5.57 Å². The molecule has 6 rings (SSSR count). The first-order valence-electron chi connectivity index (χ1n) is 11.9. The van der Waals surface area contributed by atoms with Crippen molar-refractivity contribution in [2.24, 2.45) is 23.7 Å². The van der Waals surface area contributed by atoms with Gasteiger partial charge in [-0.15, -0.1) is 0 Å². The van der Waals surface area contributed by atoms with Crippen LogP contribution in [0.15, 0.2) is 90.5 Å². The molecule has 1 heterocycles. The highest BCUT2D eigenvalue weighted by molar-refractivity contribution is 14.1. The number of anilines is 1. The molecule has 0 aromatic heterocycles. The van der Waals surface area contributed by atoms with Gasteiger partial charge in [-0.05, 0) is 81.3 Å². The van der Waals surface area contributed by atoms with Gasteiger partial charge in [0.15, 0.2) is 0 Å². The molecule has 2 aliphatic carbocycles. The second-order valence-corrected chi connectivity index (χ2v) is 10.4. The highest BCUT2D eigenvalue weighted by Crippen LogP contribution is 2.59. The van der Waals surface area contributed by atoms with E-state index in [2.05, 4.69) is 34.7 Å². The summed E-state index contributed by atoms with van der Waals surface area (Å²) in [6.07, 6.45) is 4.25. The predicted octanol–water partition coefficient (Wildman–Crippen LogP) is 5.73. The highest BCUT2D eigenvalue weighted by atomic mass is 127. The predicted molar refractivity (Wildman–Crippen MR) is 147 cm³/mol. The number of fused-ring (bicyclic) bond motifs is 5. The first kappa shape index (κ1) is 23.0. The fraction of sp³-hybridized carbons (Fsp3) is 0.200. The van der Waals surface area contributed by atoms with Crippen molar-refractivity contribution < 1.29 is 19.1 Å². The minimum absolute atomic E-state index is 0.104. The van der Waals surface area contributed by atoms with Crippen LogP contribution in [0.1, 0.15) is 11.1 Å². The van der Waals surface area contributed by atoms with E-state index in [0.717, 1.165) is 37.3 Å². The summed E-state index contributed by atoms with van der Waals surface area (Å²) in [6, 6.07) is 23.5. The topological polar surface area (TPSA) is 55.8 Å². The molecule has 0 unspecified atom stereocenters. The van der Waals surface area contributed by atoms with Crippen molar-refractivity contribution in [3.8, 4) is 11.5 Å². The third-order valence-corrected chi connectivity index (χ3v) is 8.47. The Morgan fingerprint density at radius 3 is 1.64 bits per heavy atom. The fourth-order valence-corrected chi connectivity index (χ4v) is 6.61. The standard InChI is InChI=1S/C30H24INO4/c1-35-19-11-7-17(8-12-19)25(18-9-13-20(36-2)14-10-18)26-21-15-16-22(26)28-27(21)29(33)32(30(28)34)24-6-4-3-5-23(24)31/h3-16,21-22,27-28H,1-2H3/t21-,22-,27-,28+/m1/s1. The van der Waals surface area contributed by atoms with Gasteiger partial charge in [-0.25, -0.2) is 4.90 Å². The molecule has 1 aliphatic heterocycles. The number of hydrogen-bond donors (Lipinski definition) is 0. The number of allylic oxidation sites excluding steroid dienone is 3. The average molecular weight is 589 g/mol. The molecule has 4 atom stereocenters. The molecule has 3 aliphatic rings. The summed E-state index contributed by atoms with van der Waals surface area (Å²) in [5, 5.41) is 0. The zero-order valence-corrected chi connectivity index (χ0v) is 22.0. The first-order chi connectivity index (χ1) is 17.5. The summed E-state index contributed by atoms with van der Waals surface area (Å²) in [5.41, 5.74) is 4.95. The van der Waals surface area contributed by atoms with Crippen LogP contribution in [0.2, 0.25) is 0 Å². The second-order valence-electron chi connectivity index (χ2n) is 9.24. The monoisotopic (exact) mass is 589 g/mol. The van der Waals surface area contributed by atoms with Crippen LogP contribution in [0.3, 0.4) is 0 Å². The lowest BCUT2D eigenvalue weighted by Gasteiger charge is -2.22. The smallest absolute Gasteiger partial charge is 0.238 e. The van der Waals surface area contributed by atoms with Crippen LogP contribution in [-0.2, 0) is 9.59 Å². The number of carbonyl (C=O) groups is 2. The van der Waals surface area contributed by atoms with E-state index in [1.54, 1.807) is 14.2 Å². The van der Waals surface area contributed by atoms with Gasteiger partial charge in [-0.1, -0.05) is 48.6 Å². The number of hydrogen-bond acceptors (Lipinski definition) is 4. The number of amides is 2. The number of nitrogens with zero attached hydrogens (tertiary/aromatic N) is 1. The fourth-order valence-electron chi connectivity index (χ4n) is 5.98. The van der Waals surface area contributed by atoms with Gasteiger partial charge in [0.25, 0.3) is 0 Å². The number of halogens is 1. The van der Waals surface area contributed by atoms with Crippen molar-refractivity contribution in [1.82, 2.24) is 0 Å². The zero-order chi connectivity index (χ0) is 25.0. The van der Waals surface area contributed by atoms with Gasteiger partial charge >= 0.3 is 0 Å². The van der Waals surface area contributed by atoms with E-state index in [1.165, 1.54) is 4.90 Å².